The van der Waals surface area contributed by atoms with Crippen LogP contribution in [0.25, 0.3) is 0 Å². The Bertz CT molecular complexity index is 796. The molecule has 2 fully saturated rings. The van der Waals surface area contributed by atoms with Crippen LogP contribution in [0, 0.1) is 0 Å². The first kappa shape index (κ1) is 19.2. The number of carbonyl (C=O) groups is 1. The fourth-order valence-corrected chi connectivity index (χ4v) is 4.30. The molecule has 1 aromatic heterocycles. The van der Waals surface area contributed by atoms with Crippen molar-refractivity contribution in [3.8, 4) is 0 Å². The summed E-state index contributed by atoms with van der Waals surface area (Å²) in [5.74, 6) is 0.368. The highest BCUT2D eigenvalue weighted by Gasteiger charge is 2.45. The van der Waals surface area contributed by atoms with Crippen molar-refractivity contribution in [2.45, 2.75) is 50.8 Å². The summed E-state index contributed by atoms with van der Waals surface area (Å²) in [4.78, 5) is 17.0. The molecule has 0 spiro atoms. The van der Waals surface area contributed by atoms with E-state index < -0.39 is 5.60 Å². The van der Waals surface area contributed by atoms with Crippen LogP contribution in [0.4, 0.5) is 0 Å². The molecule has 2 aliphatic heterocycles. The van der Waals surface area contributed by atoms with Gasteiger partial charge in [0.25, 0.3) is 5.91 Å². The van der Waals surface area contributed by atoms with Crippen LogP contribution in [0.1, 0.15) is 49.8 Å². The first-order valence-corrected chi connectivity index (χ1v) is 10.3. The molecule has 6 nitrogen and oxygen atoms in total. The third-order valence-corrected chi connectivity index (χ3v) is 6.05. The van der Waals surface area contributed by atoms with E-state index in [1.165, 1.54) is 5.56 Å². The largest absolute Gasteiger partial charge is 0.379 e. The number of nitrogens with zero attached hydrogens (tertiary/aromatic N) is 4. The summed E-state index contributed by atoms with van der Waals surface area (Å²) >= 11 is 0. The molecular formula is C22H30N4O2. The van der Waals surface area contributed by atoms with Crippen molar-refractivity contribution in [3.05, 3.63) is 53.9 Å². The molecule has 1 atom stereocenters. The Kier molecular flexibility index (Phi) is 5.25. The summed E-state index contributed by atoms with van der Waals surface area (Å²) in [7, 11) is 0. The number of hydrogen-bond donors (Lipinski definition) is 1. The van der Waals surface area contributed by atoms with Gasteiger partial charge in [-0.3, -0.25) is 14.4 Å². The van der Waals surface area contributed by atoms with Gasteiger partial charge in [-0.2, -0.15) is 5.10 Å². The molecule has 2 saturated heterocycles. The summed E-state index contributed by atoms with van der Waals surface area (Å²) in [6.07, 6.45) is 5.13. The first-order chi connectivity index (χ1) is 13.4. The summed E-state index contributed by atoms with van der Waals surface area (Å²) < 4.78 is 1.95. The Hall–Kier alpha value is -2.18. The number of piperidine rings is 1. The molecule has 0 aliphatic carbocycles. The van der Waals surface area contributed by atoms with Crippen LogP contribution in [0.3, 0.4) is 0 Å². The molecule has 0 saturated carbocycles. The van der Waals surface area contributed by atoms with E-state index >= 15 is 0 Å². The average Bonchev–Trinajstić information content (AvgIpc) is 3.16. The van der Waals surface area contributed by atoms with Gasteiger partial charge in [-0.1, -0.05) is 38.1 Å². The van der Waals surface area contributed by atoms with E-state index in [0.29, 0.717) is 38.0 Å². The molecule has 0 bridgehead atoms. The van der Waals surface area contributed by atoms with E-state index in [1.54, 1.807) is 6.20 Å². The SMILES string of the molecule is CC(C)c1ccc(CN2CCC[C@](O)(CN3CC(n4cccn4)C3)C2=O)cc1. The van der Waals surface area contributed by atoms with Crippen molar-refractivity contribution >= 4 is 5.91 Å². The topological polar surface area (TPSA) is 61.6 Å². The van der Waals surface area contributed by atoms with Crippen LogP contribution in [0.15, 0.2) is 42.7 Å². The maximum absolute atomic E-state index is 13.0. The van der Waals surface area contributed by atoms with Crippen LogP contribution in [-0.2, 0) is 11.3 Å². The number of benzene rings is 1. The number of rotatable bonds is 6. The van der Waals surface area contributed by atoms with Gasteiger partial charge in [0.2, 0.25) is 0 Å². The lowest BCUT2D eigenvalue weighted by molar-refractivity contribution is -0.162. The fourth-order valence-electron chi connectivity index (χ4n) is 4.30. The van der Waals surface area contributed by atoms with E-state index in [0.717, 1.165) is 25.1 Å². The van der Waals surface area contributed by atoms with Crippen LogP contribution >= 0.6 is 0 Å². The van der Waals surface area contributed by atoms with E-state index in [2.05, 4.69) is 48.1 Å². The Morgan fingerprint density at radius 1 is 1.25 bits per heavy atom. The minimum Gasteiger partial charge on any atom is -0.379 e. The summed E-state index contributed by atoms with van der Waals surface area (Å²) in [6.45, 7) is 7.69. The number of aromatic nitrogens is 2. The fraction of sp³-hybridized carbons (Fsp3) is 0.545. The lowest BCUT2D eigenvalue weighted by Crippen LogP contribution is -2.61. The molecule has 28 heavy (non-hydrogen) atoms. The van der Waals surface area contributed by atoms with Crippen molar-refractivity contribution in [3.63, 3.8) is 0 Å². The molecule has 150 valence electrons. The molecule has 0 radical (unpaired) electrons. The molecule has 0 unspecified atom stereocenters. The van der Waals surface area contributed by atoms with Crippen molar-refractivity contribution < 1.29 is 9.90 Å². The predicted octanol–water partition coefficient (Wildman–Crippen LogP) is 2.42. The molecule has 1 amide bonds. The minimum atomic E-state index is -1.27. The maximum atomic E-state index is 13.0. The molecule has 1 N–H and O–H groups in total. The van der Waals surface area contributed by atoms with Gasteiger partial charge in [0.15, 0.2) is 5.60 Å². The van der Waals surface area contributed by atoms with E-state index in [-0.39, 0.29) is 5.91 Å². The summed E-state index contributed by atoms with van der Waals surface area (Å²) in [5, 5.41) is 15.4. The molecule has 2 aromatic rings. The lowest BCUT2D eigenvalue weighted by Gasteiger charge is -2.46. The highest BCUT2D eigenvalue weighted by Crippen LogP contribution is 2.29. The van der Waals surface area contributed by atoms with Crippen molar-refractivity contribution in [1.82, 2.24) is 19.6 Å². The Morgan fingerprint density at radius 3 is 2.64 bits per heavy atom. The summed E-state index contributed by atoms with van der Waals surface area (Å²) in [6, 6.07) is 10.7. The zero-order chi connectivity index (χ0) is 19.7. The maximum Gasteiger partial charge on any atom is 0.256 e. The zero-order valence-electron chi connectivity index (χ0n) is 16.8. The smallest absolute Gasteiger partial charge is 0.256 e. The highest BCUT2D eigenvalue weighted by atomic mass is 16.3. The number of carbonyl (C=O) groups excluding carboxylic acids is 1. The van der Waals surface area contributed by atoms with Gasteiger partial charge in [0.1, 0.15) is 0 Å². The van der Waals surface area contributed by atoms with Crippen molar-refractivity contribution in [2.24, 2.45) is 0 Å². The second kappa shape index (κ2) is 7.68. The van der Waals surface area contributed by atoms with E-state index in [1.807, 2.05) is 21.8 Å². The van der Waals surface area contributed by atoms with E-state index in [4.69, 9.17) is 0 Å². The third-order valence-electron chi connectivity index (χ3n) is 6.05. The van der Waals surface area contributed by atoms with Crippen LogP contribution in [0.5, 0.6) is 0 Å². The van der Waals surface area contributed by atoms with Crippen LogP contribution < -0.4 is 0 Å². The molecule has 6 heteroatoms. The number of aliphatic hydroxyl groups is 1. The number of β-amino-alcohol motifs (C(OH)–C–C–N with tert-alkyl or cyclic N) is 1. The lowest BCUT2D eigenvalue weighted by atomic mass is 9.89. The van der Waals surface area contributed by atoms with Crippen molar-refractivity contribution in [2.75, 3.05) is 26.2 Å². The number of hydrogen-bond acceptors (Lipinski definition) is 4. The van der Waals surface area contributed by atoms with Gasteiger partial charge in [-0.05, 0) is 36.0 Å². The van der Waals surface area contributed by atoms with Crippen LogP contribution in [-0.4, -0.2) is 62.4 Å². The van der Waals surface area contributed by atoms with E-state index in [9.17, 15) is 9.90 Å². The molecular weight excluding hydrogens is 352 g/mol. The van der Waals surface area contributed by atoms with Gasteiger partial charge >= 0.3 is 0 Å². The van der Waals surface area contributed by atoms with Gasteiger partial charge in [0, 0.05) is 45.1 Å². The quantitative estimate of drug-likeness (QED) is 0.834. The van der Waals surface area contributed by atoms with Gasteiger partial charge < -0.3 is 10.0 Å². The number of amides is 1. The standard InChI is InChI=1S/C22H30N4O2/c1-17(2)19-7-5-18(6-8-19)13-25-11-3-9-22(28,21(25)27)16-24-14-20(15-24)26-12-4-10-23-26/h4-8,10,12,17,20,28H,3,9,11,13-16H2,1-2H3/t22-/m0/s1. The molecule has 4 rings (SSSR count). The van der Waals surface area contributed by atoms with Crippen molar-refractivity contribution in [1.29, 1.82) is 0 Å². The third kappa shape index (κ3) is 3.84. The van der Waals surface area contributed by atoms with Gasteiger partial charge in [0.05, 0.1) is 6.04 Å². The predicted molar refractivity (Wildman–Crippen MR) is 108 cm³/mol. The normalized spacial score (nSPS) is 24.0. The highest BCUT2D eigenvalue weighted by molar-refractivity contribution is 5.86. The molecule has 3 heterocycles. The summed E-state index contributed by atoms with van der Waals surface area (Å²) in [5.41, 5.74) is 1.14. The minimum absolute atomic E-state index is 0.130. The first-order valence-electron chi connectivity index (χ1n) is 10.3. The monoisotopic (exact) mass is 382 g/mol. The van der Waals surface area contributed by atoms with Gasteiger partial charge in [-0.15, -0.1) is 0 Å². The second-order valence-corrected chi connectivity index (χ2v) is 8.59. The second-order valence-electron chi connectivity index (χ2n) is 8.59. The van der Waals surface area contributed by atoms with Crippen LogP contribution in [0.2, 0.25) is 0 Å². The molecule has 2 aliphatic rings. The average molecular weight is 383 g/mol. The van der Waals surface area contributed by atoms with Gasteiger partial charge in [-0.25, -0.2) is 0 Å². The Balaban J connectivity index is 1.35. The number of likely N-dealkylation sites (tertiary alicyclic amines) is 2. The Labute approximate surface area is 166 Å². The zero-order valence-corrected chi connectivity index (χ0v) is 16.8. The molecule has 1 aromatic carbocycles. The Morgan fingerprint density at radius 2 is 2.00 bits per heavy atom.